The number of ether oxygens (including phenoxy) is 1. The smallest absolute Gasteiger partial charge is 0.413 e. The summed E-state index contributed by atoms with van der Waals surface area (Å²) in [6, 6.07) is 4.87. The summed E-state index contributed by atoms with van der Waals surface area (Å²) in [5.74, 6) is -2.49. The number of anilines is 1. The molecular formula is C27H34F3N7O4. The lowest BCUT2D eigenvalue weighted by molar-refractivity contribution is -0.186. The van der Waals surface area contributed by atoms with Gasteiger partial charge in [0.1, 0.15) is 28.3 Å². The van der Waals surface area contributed by atoms with Crippen LogP contribution in [-0.4, -0.2) is 49.4 Å². The molecule has 0 aliphatic rings. The molecule has 2 amide bonds. The van der Waals surface area contributed by atoms with E-state index in [1.165, 1.54) is 23.9 Å². The minimum Gasteiger partial charge on any atom is -0.494 e. The molecule has 1 unspecified atom stereocenters. The number of hydrogen-bond acceptors (Lipinski definition) is 8. The van der Waals surface area contributed by atoms with E-state index in [0.29, 0.717) is 11.6 Å². The van der Waals surface area contributed by atoms with Crippen molar-refractivity contribution in [3.63, 3.8) is 0 Å². The Bertz CT molecular complexity index is 1380. The quantitative estimate of drug-likeness (QED) is 0.221. The Kier molecular flexibility index (Phi) is 9.59. The molecule has 0 radical (unpaired) electrons. The number of halogens is 3. The van der Waals surface area contributed by atoms with Crippen molar-refractivity contribution in [2.75, 3.05) is 5.32 Å². The molecule has 2 aromatic rings. The summed E-state index contributed by atoms with van der Waals surface area (Å²) in [6.45, 7) is 11.8. The number of pyridine rings is 1. The van der Waals surface area contributed by atoms with Gasteiger partial charge in [-0.3, -0.25) is 20.4 Å². The number of nitriles is 1. The van der Waals surface area contributed by atoms with Crippen LogP contribution in [-0.2, 0) is 9.53 Å². The third-order valence-corrected chi connectivity index (χ3v) is 5.94. The molecule has 0 aliphatic carbocycles. The van der Waals surface area contributed by atoms with Gasteiger partial charge in [0.2, 0.25) is 5.91 Å². The molecule has 0 fully saturated rings. The number of rotatable bonds is 8. The Labute approximate surface area is 235 Å². The highest BCUT2D eigenvalue weighted by atomic mass is 19.4. The zero-order valence-electron chi connectivity index (χ0n) is 24.1. The lowest BCUT2D eigenvalue weighted by Crippen LogP contribution is -2.39. The maximum Gasteiger partial charge on any atom is 0.413 e. The van der Waals surface area contributed by atoms with Crippen molar-refractivity contribution in [1.82, 2.24) is 20.1 Å². The van der Waals surface area contributed by atoms with Gasteiger partial charge in [-0.05, 0) is 67.5 Å². The van der Waals surface area contributed by atoms with E-state index >= 15 is 0 Å². The Morgan fingerprint density at radius 1 is 1.17 bits per heavy atom. The van der Waals surface area contributed by atoms with Crippen LogP contribution in [0.25, 0.3) is 11.3 Å². The topological polar surface area (TPSA) is 166 Å². The molecule has 4 N–H and O–H groups in total. The summed E-state index contributed by atoms with van der Waals surface area (Å²) < 4.78 is 46.2. The average Bonchev–Trinajstić information content (AvgIpc) is 3.19. The van der Waals surface area contributed by atoms with E-state index in [9.17, 15) is 33.1 Å². The molecule has 2 aromatic heterocycles. The van der Waals surface area contributed by atoms with Crippen LogP contribution >= 0.6 is 0 Å². The molecule has 0 bridgehead atoms. The molecule has 0 spiro atoms. The van der Waals surface area contributed by atoms with E-state index in [2.05, 4.69) is 26.8 Å². The van der Waals surface area contributed by atoms with E-state index in [-0.39, 0.29) is 28.8 Å². The second-order valence-corrected chi connectivity index (χ2v) is 11.1. The highest BCUT2D eigenvalue weighted by Gasteiger charge is 2.50. The number of aliphatic hydroxyl groups excluding tert-OH is 1. The minimum absolute atomic E-state index is 0.0733. The fourth-order valence-corrected chi connectivity index (χ4v) is 3.31. The zero-order chi connectivity index (χ0) is 31.5. The van der Waals surface area contributed by atoms with E-state index in [0.717, 1.165) is 13.8 Å². The summed E-state index contributed by atoms with van der Waals surface area (Å²) in [4.78, 5) is 29.3. The molecule has 222 valence electrons. The molecule has 41 heavy (non-hydrogen) atoms. The SMILES string of the molecule is CC(C(=O)N/C(O)=C/C(=N)C(C)(C)C(F)(F)F)c1ccc(-c2nn(C(C)C)c(NC(=O)OC(C)(C)C)c2C#N)cn1. The van der Waals surface area contributed by atoms with Crippen LogP contribution in [0.3, 0.4) is 0 Å². The van der Waals surface area contributed by atoms with Gasteiger partial charge < -0.3 is 15.3 Å². The van der Waals surface area contributed by atoms with Gasteiger partial charge in [-0.15, -0.1) is 0 Å². The molecule has 0 aromatic carbocycles. The predicted molar refractivity (Wildman–Crippen MR) is 145 cm³/mol. The third-order valence-electron chi connectivity index (χ3n) is 5.94. The summed E-state index contributed by atoms with van der Waals surface area (Å²) >= 11 is 0. The monoisotopic (exact) mass is 577 g/mol. The predicted octanol–water partition coefficient (Wildman–Crippen LogP) is 5.97. The number of allylic oxidation sites excluding steroid dienone is 1. The summed E-state index contributed by atoms with van der Waals surface area (Å²) in [5, 5.41) is 36.7. The number of alkyl halides is 3. The molecule has 0 saturated carbocycles. The number of hydrogen-bond donors (Lipinski definition) is 4. The van der Waals surface area contributed by atoms with Crippen LogP contribution in [0.2, 0.25) is 0 Å². The highest BCUT2D eigenvalue weighted by molar-refractivity contribution is 5.98. The van der Waals surface area contributed by atoms with E-state index in [4.69, 9.17) is 10.1 Å². The molecule has 11 nitrogen and oxygen atoms in total. The van der Waals surface area contributed by atoms with E-state index in [1.807, 2.05) is 13.8 Å². The first kappa shape index (κ1) is 32.8. The summed E-state index contributed by atoms with van der Waals surface area (Å²) in [5.41, 5.74) is -3.28. The molecule has 2 rings (SSSR count). The van der Waals surface area contributed by atoms with Crippen LogP contribution < -0.4 is 10.6 Å². The number of carbonyl (C=O) groups excluding carboxylic acids is 2. The van der Waals surface area contributed by atoms with Gasteiger partial charge >= 0.3 is 12.3 Å². The zero-order valence-corrected chi connectivity index (χ0v) is 24.1. The number of amides is 2. The number of carbonyl (C=O) groups is 2. The van der Waals surface area contributed by atoms with E-state index in [1.54, 1.807) is 26.8 Å². The number of aromatic nitrogens is 3. The molecule has 2 heterocycles. The second kappa shape index (κ2) is 12.0. The van der Waals surface area contributed by atoms with Crippen LogP contribution in [0.5, 0.6) is 0 Å². The fraction of sp³-hybridized carbons (Fsp3) is 0.481. The maximum absolute atomic E-state index is 13.1. The second-order valence-electron chi connectivity index (χ2n) is 11.1. The molecule has 0 aliphatic heterocycles. The maximum atomic E-state index is 13.1. The first-order valence-electron chi connectivity index (χ1n) is 12.6. The third kappa shape index (κ3) is 7.84. The summed E-state index contributed by atoms with van der Waals surface area (Å²) in [7, 11) is 0. The van der Waals surface area contributed by atoms with Crippen molar-refractivity contribution in [2.45, 2.75) is 79.1 Å². The average molecular weight is 578 g/mol. The lowest BCUT2D eigenvalue weighted by atomic mass is 9.86. The van der Waals surface area contributed by atoms with Gasteiger partial charge in [0.15, 0.2) is 11.7 Å². The van der Waals surface area contributed by atoms with Gasteiger partial charge in [0.05, 0.1) is 17.3 Å². The Balaban J connectivity index is 2.29. The van der Waals surface area contributed by atoms with Crippen LogP contribution in [0, 0.1) is 22.2 Å². The summed E-state index contributed by atoms with van der Waals surface area (Å²) in [6.07, 6.45) is -3.58. The molecular weight excluding hydrogens is 543 g/mol. The van der Waals surface area contributed by atoms with Gasteiger partial charge in [0, 0.05) is 23.9 Å². The van der Waals surface area contributed by atoms with Crippen molar-refractivity contribution in [3.05, 3.63) is 41.5 Å². The molecule has 1 atom stereocenters. The normalized spacial score (nSPS) is 13.4. The van der Waals surface area contributed by atoms with Crippen molar-refractivity contribution in [3.8, 4) is 17.3 Å². The van der Waals surface area contributed by atoms with Gasteiger partial charge in [0.25, 0.3) is 0 Å². The Morgan fingerprint density at radius 3 is 2.24 bits per heavy atom. The van der Waals surface area contributed by atoms with Gasteiger partial charge in [-0.25, -0.2) is 9.48 Å². The van der Waals surface area contributed by atoms with Crippen molar-refractivity contribution >= 4 is 23.5 Å². The van der Waals surface area contributed by atoms with Crippen LogP contribution in [0.4, 0.5) is 23.8 Å². The first-order chi connectivity index (χ1) is 18.7. The molecule has 0 saturated heterocycles. The van der Waals surface area contributed by atoms with Crippen molar-refractivity contribution in [1.29, 1.82) is 10.7 Å². The fourth-order valence-electron chi connectivity index (χ4n) is 3.31. The number of aliphatic hydroxyl groups is 1. The largest absolute Gasteiger partial charge is 0.494 e. The first-order valence-corrected chi connectivity index (χ1v) is 12.6. The van der Waals surface area contributed by atoms with Crippen molar-refractivity contribution < 1.29 is 32.6 Å². The van der Waals surface area contributed by atoms with Crippen LogP contribution in [0.15, 0.2) is 30.3 Å². The number of nitrogens with zero attached hydrogens (tertiary/aromatic N) is 4. The van der Waals surface area contributed by atoms with Gasteiger partial charge in [-0.2, -0.15) is 23.5 Å². The van der Waals surface area contributed by atoms with E-state index < -0.39 is 46.7 Å². The number of nitrogens with one attached hydrogen (secondary N) is 3. The van der Waals surface area contributed by atoms with Crippen LogP contribution in [0.1, 0.15) is 78.6 Å². The minimum atomic E-state index is -4.73. The van der Waals surface area contributed by atoms with Gasteiger partial charge in [-0.1, -0.05) is 0 Å². The molecule has 14 heteroatoms. The lowest BCUT2D eigenvalue weighted by Gasteiger charge is -2.27. The Hall–Kier alpha value is -4.41. The Morgan fingerprint density at radius 2 is 1.78 bits per heavy atom. The highest BCUT2D eigenvalue weighted by Crippen LogP contribution is 2.38. The standard InChI is InChI=1S/C27H34F3N7O4/c1-14(2)37-22(35-24(40)41-25(4,5)6)17(12-31)21(36-37)16-9-10-18(33-13-16)15(3)23(39)34-20(38)11-19(32)26(7,8)27(28,29)30/h9-11,13-15,32,38H,1-8H3,(H,34,39)(H,35,40)/b20-11-,32-19?. The van der Waals surface area contributed by atoms with Crippen molar-refractivity contribution in [2.24, 2.45) is 5.41 Å².